The molecule has 0 saturated heterocycles. The van der Waals surface area contributed by atoms with Crippen LogP contribution in [-0.2, 0) is 4.79 Å². The van der Waals surface area contributed by atoms with Crippen LogP contribution in [0.4, 0.5) is 0 Å². The first-order chi connectivity index (χ1) is 2.27. The van der Waals surface area contributed by atoms with Gasteiger partial charge < -0.3 is 22.7 Å². The van der Waals surface area contributed by atoms with Gasteiger partial charge in [-0.1, -0.05) is 6.92 Å². The number of nitrogens with two attached hydrogens (primary N) is 1. The molecule has 0 aromatic heterocycles. The Labute approximate surface area is 75.9 Å². The largest absolute Gasteiger partial charge is 1.00 e. The predicted molar refractivity (Wildman–Crippen MR) is 19.5 cm³/mol. The maximum absolute atomic E-state index is 9.59. The Hall–Kier alpha value is 0.950. The molecule has 2 N–H and O–H groups in total. The molecule has 0 aliphatic heterocycles. The fourth-order valence-electron chi connectivity index (χ4n) is 0. The van der Waals surface area contributed by atoms with Gasteiger partial charge in [-0.25, -0.2) is 0 Å². The van der Waals surface area contributed by atoms with Gasteiger partial charge in [0.1, 0.15) is 0 Å². The quantitative estimate of drug-likeness (QED) is 0.397. The normalized spacial score (nSPS) is 5.29. The Bertz CT molecular complexity index is 50.2. The summed E-state index contributed by atoms with van der Waals surface area (Å²) in [5, 5.41) is 0. The van der Waals surface area contributed by atoms with Crippen LogP contribution >= 0.6 is 0 Å². The monoisotopic (exact) mass is 175 g/mol. The van der Waals surface area contributed by atoms with E-state index in [0.717, 1.165) is 0 Å². The van der Waals surface area contributed by atoms with E-state index < -0.39 is 0 Å². The molecule has 1 amide bonds. The Morgan fingerprint density at radius 3 is 1.86 bits per heavy atom. The minimum absolute atomic E-state index is 0. The summed E-state index contributed by atoms with van der Waals surface area (Å²) in [6, 6.07) is 0. The molecule has 0 aromatic rings. The SMILES string of the molecule is CCC(N)=O.[Br-].[Na+]. The van der Waals surface area contributed by atoms with Gasteiger partial charge in [0.25, 0.3) is 0 Å². The number of rotatable bonds is 1. The van der Waals surface area contributed by atoms with Crippen LogP contribution in [0.25, 0.3) is 0 Å². The van der Waals surface area contributed by atoms with Crippen molar-refractivity contribution in [3.63, 3.8) is 0 Å². The van der Waals surface area contributed by atoms with Gasteiger partial charge in [-0.2, -0.15) is 0 Å². The number of carbonyl (C=O) groups excluding carboxylic acids is 1. The molecular weight excluding hydrogens is 169 g/mol. The number of halogens is 1. The van der Waals surface area contributed by atoms with Crippen molar-refractivity contribution in [3.8, 4) is 0 Å². The second-order valence-electron chi connectivity index (χ2n) is 0.820. The van der Waals surface area contributed by atoms with Crippen molar-refractivity contribution in [2.45, 2.75) is 13.3 Å². The van der Waals surface area contributed by atoms with E-state index in [1.807, 2.05) is 0 Å². The standard InChI is InChI=1S/C3H7NO.BrH.Na/c1-2-3(4)5;;/h2H2,1H3,(H2,4,5);1H;/q;;+1/p-1. The van der Waals surface area contributed by atoms with E-state index in [2.05, 4.69) is 5.73 Å². The first kappa shape index (κ1) is 15.7. The van der Waals surface area contributed by atoms with Gasteiger partial charge in [0.05, 0.1) is 0 Å². The van der Waals surface area contributed by atoms with Crippen molar-refractivity contribution in [3.05, 3.63) is 0 Å². The molecule has 0 rings (SSSR count). The Kier molecular flexibility index (Phi) is 22.5. The van der Waals surface area contributed by atoms with E-state index in [-0.39, 0.29) is 52.4 Å². The van der Waals surface area contributed by atoms with Gasteiger partial charge in [0.2, 0.25) is 5.91 Å². The van der Waals surface area contributed by atoms with E-state index in [9.17, 15) is 4.79 Å². The summed E-state index contributed by atoms with van der Waals surface area (Å²) in [5.41, 5.74) is 4.65. The van der Waals surface area contributed by atoms with Crippen LogP contribution in [0.5, 0.6) is 0 Å². The van der Waals surface area contributed by atoms with E-state index in [1.165, 1.54) is 0 Å². The number of hydrogen-bond donors (Lipinski definition) is 1. The second-order valence-corrected chi connectivity index (χ2v) is 0.820. The van der Waals surface area contributed by atoms with Gasteiger partial charge in [-0.3, -0.25) is 4.79 Å². The molecule has 0 aliphatic rings. The summed E-state index contributed by atoms with van der Waals surface area (Å²) >= 11 is 0. The molecule has 7 heavy (non-hydrogen) atoms. The molecule has 0 radical (unpaired) electrons. The minimum Gasteiger partial charge on any atom is -1.00 e. The molecule has 0 bridgehead atoms. The van der Waals surface area contributed by atoms with E-state index in [1.54, 1.807) is 6.92 Å². The number of carbonyl (C=O) groups is 1. The topological polar surface area (TPSA) is 43.1 Å². The third-order valence-corrected chi connectivity index (χ3v) is 0.348. The van der Waals surface area contributed by atoms with Crippen molar-refractivity contribution < 1.29 is 51.3 Å². The zero-order valence-corrected chi connectivity index (χ0v) is 8.16. The maximum atomic E-state index is 9.59. The Balaban J connectivity index is -0.0000000800. The zero-order chi connectivity index (χ0) is 4.28. The molecular formula is C3H7BrNNaO. The summed E-state index contributed by atoms with van der Waals surface area (Å²) in [6.45, 7) is 1.72. The number of amides is 1. The van der Waals surface area contributed by atoms with E-state index in [0.29, 0.717) is 6.42 Å². The van der Waals surface area contributed by atoms with Crippen molar-refractivity contribution in [1.82, 2.24) is 0 Å². The van der Waals surface area contributed by atoms with Gasteiger partial charge in [-0.05, 0) is 0 Å². The summed E-state index contributed by atoms with van der Waals surface area (Å²) in [4.78, 5) is 9.59. The molecule has 0 unspecified atom stereocenters. The molecule has 0 saturated carbocycles. The average molecular weight is 176 g/mol. The number of hydrogen-bond acceptors (Lipinski definition) is 1. The fraction of sp³-hybridized carbons (Fsp3) is 0.667. The third-order valence-electron chi connectivity index (χ3n) is 0.348. The van der Waals surface area contributed by atoms with Crippen LogP contribution in [0.1, 0.15) is 13.3 Å². The predicted octanol–water partition coefficient (Wildman–Crippen LogP) is -6.11. The molecule has 38 valence electrons. The van der Waals surface area contributed by atoms with Crippen LogP contribution in [0.15, 0.2) is 0 Å². The van der Waals surface area contributed by atoms with Crippen LogP contribution in [0.3, 0.4) is 0 Å². The van der Waals surface area contributed by atoms with Crippen molar-refractivity contribution in [2.75, 3.05) is 0 Å². The molecule has 4 heteroatoms. The van der Waals surface area contributed by atoms with Gasteiger partial charge in [-0.15, -0.1) is 0 Å². The molecule has 0 fully saturated rings. The fourth-order valence-corrected chi connectivity index (χ4v) is 0. The number of primary amides is 1. The van der Waals surface area contributed by atoms with Crippen LogP contribution in [-0.4, -0.2) is 5.91 Å². The molecule has 2 nitrogen and oxygen atoms in total. The summed E-state index contributed by atoms with van der Waals surface area (Å²) < 4.78 is 0. The minimum atomic E-state index is -0.245. The van der Waals surface area contributed by atoms with Crippen molar-refractivity contribution in [2.24, 2.45) is 5.73 Å². The molecule has 0 atom stereocenters. The van der Waals surface area contributed by atoms with Crippen LogP contribution < -0.4 is 52.3 Å². The van der Waals surface area contributed by atoms with E-state index >= 15 is 0 Å². The van der Waals surface area contributed by atoms with Crippen LogP contribution in [0.2, 0.25) is 0 Å². The smallest absolute Gasteiger partial charge is 1.00 e. The van der Waals surface area contributed by atoms with E-state index in [4.69, 9.17) is 0 Å². The second kappa shape index (κ2) is 10.0. The van der Waals surface area contributed by atoms with Gasteiger partial charge >= 0.3 is 29.6 Å². The van der Waals surface area contributed by atoms with Gasteiger partial charge in [0, 0.05) is 6.42 Å². The summed E-state index contributed by atoms with van der Waals surface area (Å²) in [5.74, 6) is -0.245. The average Bonchev–Trinajstić information content (AvgIpc) is 1.38. The molecule has 0 aromatic carbocycles. The molecule has 0 aliphatic carbocycles. The first-order valence-electron chi connectivity index (χ1n) is 1.55. The van der Waals surface area contributed by atoms with Crippen molar-refractivity contribution >= 4 is 5.91 Å². The summed E-state index contributed by atoms with van der Waals surface area (Å²) in [7, 11) is 0. The first-order valence-corrected chi connectivity index (χ1v) is 1.55. The zero-order valence-electron chi connectivity index (χ0n) is 4.57. The Morgan fingerprint density at radius 1 is 1.71 bits per heavy atom. The van der Waals surface area contributed by atoms with Crippen LogP contribution in [0, 0.1) is 0 Å². The molecule has 0 spiro atoms. The van der Waals surface area contributed by atoms with Crippen molar-refractivity contribution in [1.29, 1.82) is 0 Å². The molecule has 0 heterocycles. The third kappa shape index (κ3) is 19.6. The van der Waals surface area contributed by atoms with Gasteiger partial charge in [0.15, 0.2) is 0 Å². The summed E-state index contributed by atoms with van der Waals surface area (Å²) in [6.07, 6.45) is 0.444. The maximum Gasteiger partial charge on any atom is 1.00 e. The Morgan fingerprint density at radius 2 is 1.86 bits per heavy atom.